The maximum atomic E-state index is 11.7. The van der Waals surface area contributed by atoms with Gasteiger partial charge in [0.2, 0.25) is 0 Å². The zero-order chi connectivity index (χ0) is 12.5. The summed E-state index contributed by atoms with van der Waals surface area (Å²) < 4.78 is 0. The van der Waals surface area contributed by atoms with Gasteiger partial charge >= 0.3 is 0 Å². The van der Waals surface area contributed by atoms with Crippen molar-refractivity contribution in [3.8, 4) is 11.4 Å². The van der Waals surface area contributed by atoms with Crippen molar-refractivity contribution < 1.29 is 5.11 Å². The van der Waals surface area contributed by atoms with Gasteiger partial charge in [-0.3, -0.25) is 4.79 Å². The van der Waals surface area contributed by atoms with E-state index in [1.165, 1.54) is 6.33 Å². The van der Waals surface area contributed by atoms with Crippen molar-refractivity contribution in [2.75, 3.05) is 0 Å². The fourth-order valence-electron chi connectivity index (χ4n) is 1.75. The maximum Gasteiger partial charge on any atom is 0.279 e. The van der Waals surface area contributed by atoms with E-state index < -0.39 is 0 Å². The maximum absolute atomic E-state index is 11.7. The molecule has 2 heterocycles. The van der Waals surface area contributed by atoms with E-state index in [1.807, 2.05) is 0 Å². The number of rotatable bonds is 2. The third-order valence-electron chi connectivity index (χ3n) is 2.70. The summed E-state index contributed by atoms with van der Waals surface area (Å²) in [5, 5.41) is 8.97. The van der Waals surface area contributed by atoms with Gasteiger partial charge in [-0.15, -0.1) is 0 Å². The van der Waals surface area contributed by atoms with E-state index in [1.54, 1.807) is 24.3 Å². The SMILES string of the molecule is O=c1[nH]c(-c2ccc(CO)cc2)nc2[nH]cnc12. The summed E-state index contributed by atoms with van der Waals surface area (Å²) in [4.78, 5) is 25.4. The Labute approximate surface area is 101 Å². The normalized spacial score (nSPS) is 10.9. The van der Waals surface area contributed by atoms with Crippen LogP contribution in [0.2, 0.25) is 0 Å². The Morgan fingerprint density at radius 2 is 2.00 bits per heavy atom. The van der Waals surface area contributed by atoms with Crippen molar-refractivity contribution in [3.63, 3.8) is 0 Å². The molecule has 0 bridgehead atoms. The van der Waals surface area contributed by atoms with Gasteiger partial charge in [-0.2, -0.15) is 0 Å². The highest BCUT2D eigenvalue weighted by atomic mass is 16.3. The van der Waals surface area contributed by atoms with Gasteiger partial charge in [0.15, 0.2) is 11.2 Å². The summed E-state index contributed by atoms with van der Waals surface area (Å²) >= 11 is 0. The van der Waals surface area contributed by atoms with Crippen LogP contribution < -0.4 is 5.56 Å². The number of nitrogens with one attached hydrogen (secondary N) is 2. The van der Waals surface area contributed by atoms with E-state index >= 15 is 0 Å². The van der Waals surface area contributed by atoms with Crippen LogP contribution >= 0.6 is 0 Å². The fourth-order valence-corrected chi connectivity index (χ4v) is 1.75. The van der Waals surface area contributed by atoms with Crippen LogP contribution in [0.25, 0.3) is 22.6 Å². The molecule has 3 aromatic rings. The molecule has 6 heteroatoms. The average Bonchev–Trinajstić information content (AvgIpc) is 2.88. The molecule has 0 saturated heterocycles. The molecule has 1 aromatic carbocycles. The number of nitrogens with zero attached hydrogens (tertiary/aromatic N) is 2. The average molecular weight is 242 g/mol. The summed E-state index contributed by atoms with van der Waals surface area (Å²) in [6.07, 6.45) is 1.44. The van der Waals surface area contributed by atoms with Crippen molar-refractivity contribution in [1.82, 2.24) is 19.9 Å². The summed E-state index contributed by atoms with van der Waals surface area (Å²) in [6.45, 7) is -0.0101. The van der Waals surface area contributed by atoms with Gasteiger partial charge in [0.05, 0.1) is 12.9 Å². The van der Waals surface area contributed by atoms with Crippen LogP contribution in [-0.2, 0) is 6.61 Å². The minimum atomic E-state index is -0.275. The van der Waals surface area contributed by atoms with Crippen molar-refractivity contribution in [3.05, 3.63) is 46.5 Å². The molecule has 90 valence electrons. The Morgan fingerprint density at radius 1 is 1.22 bits per heavy atom. The van der Waals surface area contributed by atoms with Gasteiger partial charge in [-0.05, 0) is 5.56 Å². The Morgan fingerprint density at radius 3 is 2.72 bits per heavy atom. The molecule has 0 unspecified atom stereocenters. The third-order valence-corrected chi connectivity index (χ3v) is 2.70. The molecule has 0 aliphatic rings. The molecule has 0 saturated carbocycles. The highest BCUT2D eigenvalue weighted by molar-refractivity contribution is 5.71. The van der Waals surface area contributed by atoms with Gasteiger partial charge in [0, 0.05) is 5.56 Å². The molecular weight excluding hydrogens is 232 g/mol. The fraction of sp³-hybridized carbons (Fsp3) is 0.0833. The van der Waals surface area contributed by atoms with E-state index in [-0.39, 0.29) is 12.2 Å². The molecule has 0 atom stereocenters. The lowest BCUT2D eigenvalue weighted by atomic mass is 10.1. The van der Waals surface area contributed by atoms with Crippen LogP contribution in [-0.4, -0.2) is 25.0 Å². The number of aromatic amines is 2. The summed E-state index contributed by atoms with van der Waals surface area (Å²) in [7, 11) is 0. The Hall–Kier alpha value is -2.47. The predicted molar refractivity (Wildman–Crippen MR) is 65.9 cm³/mol. The van der Waals surface area contributed by atoms with Crippen LogP contribution in [0.1, 0.15) is 5.56 Å². The highest BCUT2D eigenvalue weighted by Crippen LogP contribution is 2.15. The second-order valence-corrected chi connectivity index (χ2v) is 3.87. The molecule has 6 nitrogen and oxygen atoms in total. The molecule has 0 aliphatic carbocycles. The molecular formula is C12H10N4O2. The monoisotopic (exact) mass is 242 g/mol. The molecule has 0 spiro atoms. The number of hydrogen-bond acceptors (Lipinski definition) is 4. The van der Waals surface area contributed by atoms with Crippen LogP contribution in [0.5, 0.6) is 0 Å². The Kier molecular flexibility index (Phi) is 2.42. The number of aromatic nitrogens is 4. The molecule has 18 heavy (non-hydrogen) atoms. The lowest BCUT2D eigenvalue weighted by Gasteiger charge is -2.01. The third kappa shape index (κ3) is 1.68. The summed E-state index contributed by atoms with van der Waals surface area (Å²) in [5.74, 6) is 0.473. The van der Waals surface area contributed by atoms with Crippen molar-refractivity contribution in [2.24, 2.45) is 0 Å². The predicted octanol–water partition coefficient (Wildman–Crippen LogP) is 0.805. The molecule has 0 aliphatic heterocycles. The summed E-state index contributed by atoms with van der Waals surface area (Å²) in [6, 6.07) is 7.16. The van der Waals surface area contributed by atoms with E-state index in [2.05, 4.69) is 19.9 Å². The zero-order valence-corrected chi connectivity index (χ0v) is 9.34. The molecule has 3 rings (SSSR count). The molecule has 0 radical (unpaired) electrons. The number of aliphatic hydroxyl groups excluding tert-OH is 1. The van der Waals surface area contributed by atoms with Crippen molar-refractivity contribution in [2.45, 2.75) is 6.61 Å². The largest absolute Gasteiger partial charge is 0.392 e. The van der Waals surface area contributed by atoms with Crippen LogP contribution in [0.3, 0.4) is 0 Å². The number of imidazole rings is 1. The van der Waals surface area contributed by atoms with Gasteiger partial charge in [0.1, 0.15) is 5.82 Å². The molecule has 3 N–H and O–H groups in total. The van der Waals surface area contributed by atoms with E-state index in [4.69, 9.17) is 5.11 Å². The molecule has 2 aromatic heterocycles. The lowest BCUT2D eigenvalue weighted by molar-refractivity contribution is 0.282. The van der Waals surface area contributed by atoms with Crippen molar-refractivity contribution >= 4 is 11.2 Å². The van der Waals surface area contributed by atoms with Crippen LogP contribution in [0, 0.1) is 0 Å². The number of benzene rings is 1. The number of hydrogen-bond donors (Lipinski definition) is 3. The standard InChI is InChI=1S/C12H10N4O2/c17-5-7-1-3-8(4-2-7)10-15-11-9(12(18)16-10)13-6-14-11/h1-4,6,17H,5H2,(H2,13,14,15,16,18). The topological polar surface area (TPSA) is 94.7 Å². The van der Waals surface area contributed by atoms with Crippen LogP contribution in [0.4, 0.5) is 0 Å². The second-order valence-electron chi connectivity index (χ2n) is 3.87. The number of fused-ring (bicyclic) bond motifs is 1. The molecule has 0 amide bonds. The van der Waals surface area contributed by atoms with E-state index in [9.17, 15) is 4.79 Å². The first-order valence-corrected chi connectivity index (χ1v) is 5.41. The lowest BCUT2D eigenvalue weighted by Crippen LogP contribution is -2.09. The minimum Gasteiger partial charge on any atom is -0.392 e. The van der Waals surface area contributed by atoms with E-state index in [0.717, 1.165) is 11.1 Å². The van der Waals surface area contributed by atoms with Crippen LogP contribution in [0.15, 0.2) is 35.4 Å². The minimum absolute atomic E-state index is 0.0101. The van der Waals surface area contributed by atoms with Gasteiger partial charge in [-0.25, -0.2) is 9.97 Å². The summed E-state index contributed by atoms with van der Waals surface area (Å²) in [5.41, 5.74) is 2.07. The first-order valence-electron chi connectivity index (χ1n) is 5.41. The number of H-pyrrole nitrogens is 2. The Balaban J connectivity index is 2.15. The second kappa shape index (κ2) is 4.08. The Bertz CT molecular complexity index is 743. The highest BCUT2D eigenvalue weighted by Gasteiger charge is 2.07. The van der Waals surface area contributed by atoms with Gasteiger partial charge in [0.25, 0.3) is 5.56 Å². The van der Waals surface area contributed by atoms with Crippen molar-refractivity contribution in [1.29, 1.82) is 0 Å². The molecule has 0 fully saturated rings. The first kappa shape index (κ1) is 10.7. The van der Waals surface area contributed by atoms with Gasteiger partial charge in [-0.1, -0.05) is 24.3 Å². The zero-order valence-electron chi connectivity index (χ0n) is 9.34. The smallest absolute Gasteiger partial charge is 0.279 e. The van der Waals surface area contributed by atoms with E-state index in [0.29, 0.717) is 17.0 Å². The quantitative estimate of drug-likeness (QED) is 0.619. The van der Waals surface area contributed by atoms with Gasteiger partial charge < -0.3 is 15.1 Å². The first-order chi connectivity index (χ1) is 8.78. The number of aliphatic hydroxyl groups is 1.